The SMILES string of the molecule is COC1(C(NN)C2CCOCC2)CCC(C)CC1. The highest BCUT2D eigenvalue weighted by Crippen LogP contribution is 2.40. The molecule has 0 radical (unpaired) electrons. The fourth-order valence-electron chi connectivity index (χ4n) is 3.66. The summed E-state index contributed by atoms with van der Waals surface area (Å²) < 4.78 is 11.4. The highest BCUT2D eigenvalue weighted by Gasteiger charge is 2.44. The lowest BCUT2D eigenvalue weighted by molar-refractivity contribution is -0.0991. The lowest BCUT2D eigenvalue weighted by Gasteiger charge is -2.47. The second-order valence-corrected chi connectivity index (χ2v) is 6.05. The Morgan fingerprint density at radius 2 is 1.83 bits per heavy atom. The first-order valence-electron chi connectivity index (χ1n) is 7.31. The maximum absolute atomic E-state index is 5.95. The molecule has 2 fully saturated rings. The van der Waals surface area contributed by atoms with E-state index < -0.39 is 0 Å². The van der Waals surface area contributed by atoms with Crippen LogP contribution in [0.5, 0.6) is 0 Å². The Bertz CT molecular complexity index is 246. The second kappa shape index (κ2) is 6.33. The molecule has 0 bridgehead atoms. The van der Waals surface area contributed by atoms with Gasteiger partial charge >= 0.3 is 0 Å². The van der Waals surface area contributed by atoms with Crippen LogP contribution in [-0.4, -0.2) is 32.0 Å². The molecule has 0 spiro atoms. The molecule has 1 heterocycles. The molecule has 2 rings (SSSR count). The number of nitrogens with two attached hydrogens (primary N) is 1. The first-order valence-corrected chi connectivity index (χ1v) is 7.31. The molecule has 0 aromatic carbocycles. The van der Waals surface area contributed by atoms with Crippen molar-refractivity contribution in [2.24, 2.45) is 17.7 Å². The van der Waals surface area contributed by atoms with Crippen molar-refractivity contribution in [3.05, 3.63) is 0 Å². The summed E-state index contributed by atoms with van der Waals surface area (Å²) in [6.45, 7) is 4.05. The quantitative estimate of drug-likeness (QED) is 0.595. The van der Waals surface area contributed by atoms with E-state index in [4.69, 9.17) is 15.3 Å². The second-order valence-electron chi connectivity index (χ2n) is 6.05. The summed E-state index contributed by atoms with van der Waals surface area (Å²) in [5, 5.41) is 0. The van der Waals surface area contributed by atoms with E-state index in [1.807, 2.05) is 7.11 Å². The van der Waals surface area contributed by atoms with Gasteiger partial charge in [-0.2, -0.15) is 0 Å². The van der Waals surface area contributed by atoms with Gasteiger partial charge in [-0.3, -0.25) is 11.3 Å². The van der Waals surface area contributed by atoms with Crippen LogP contribution in [0.4, 0.5) is 0 Å². The van der Waals surface area contributed by atoms with Crippen LogP contribution in [0.2, 0.25) is 0 Å². The monoisotopic (exact) mass is 256 g/mol. The molecule has 1 aliphatic heterocycles. The van der Waals surface area contributed by atoms with Gasteiger partial charge in [0.2, 0.25) is 0 Å². The van der Waals surface area contributed by atoms with Gasteiger partial charge in [0.15, 0.2) is 0 Å². The predicted molar refractivity (Wildman–Crippen MR) is 72.0 cm³/mol. The number of hydrogen-bond acceptors (Lipinski definition) is 4. The van der Waals surface area contributed by atoms with Crippen LogP contribution in [0.25, 0.3) is 0 Å². The molecule has 1 saturated carbocycles. The molecule has 3 N–H and O–H groups in total. The van der Waals surface area contributed by atoms with E-state index in [1.54, 1.807) is 0 Å². The number of nitrogens with one attached hydrogen (secondary N) is 1. The maximum Gasteiger partial charge on any atom is 0.0847 e. The average molecular weight is 256 g/mol. The summed E-state index contributed by atoms with van der Waals surface area (Å²) in [6.07, 6.45) is 6.92. The molecule has 1 unspecified atom stereocenters. The van der Waals surface area contributed by atoms with Crippen LogP contribution in [0.3, 0.4) is 0 Å². The van der Waals surface area contributed by atoms with Crippen LogP contribution in [0, 0.1) is 11.8 Å². The molecule has 4 heteroatoms. The Kier molecular flexibility index (Phi) is 5.01. The molecule has 18 heavy (non-hydrogen) atoms. The minimum atomic E-state index is -0.0662. The minimum absolute atomic E-state index is 0.0662. The molecule has 1 saturated heterocycles. The summed E-state index contributed by atoms with van der Waals surface area (Å²) in [6, 6.07) is 0.263. The number of methoxy groups -OCH3 is 1. The van der Waals surface area contributed by atoms with E-state index in [9.17, 15) is 0 Å². The van der Waals surface area contributed by atoms with Crippen molar-refractivity contribution in [3.63, 3.8) is 0 Å². The van der Waals surface area contributed by atoms with Crippen molar-refractivity contribution in [1.82, 2.24) is 5.43 Å². The van der Waals surface area contributed by atoms with E-state index in [0.717, 1.165) is 44.8 Å². The number of hydrogen-bond donors (Lipinski definition) is 2. The predicted octanol–water partition coefficient (Wildman–Crippen LogP) is 1.84. The molecule has 1 aliphatic carbocycles. The Morgan fingerprint density at radius 3 is 2.33 bits per heavy atom. The molecule has 0 amide bonds. The Balaban J connectivity index is 2.07. The van der Waals surface area contributed by atoms with Gasteiger partial charge < -0.3 is 9.47 Å². The highest BCUT2D eigenvalue weighted by atomic mass is 16.5. The van der Waals surface area contributed by atoms with Gasteiger partial charge in [-0.1, -0.05) is 6.92 Å². The van der Waals surface area contributed by atoms with E-state index in [0.29, 0.717) is 5.92 Å². The number of rotatable bonds is 4. The van der Waals surface area contributed by atoms with Crippen LogP contribution in [0.1, 0.15) is 45.4 Å². The van der Waals surface area contributed by atoms with Gasteiger partial charge in [0.05, 0.1) is 11.6 Å². The van der Waals surface area contributed by atoms with Crippen LogP contribution >= 0.6 is 0 Å². The fraction of sp³-hybridized carbons (Fsp3) is 1.00. The van der Waals surface area contributed by atoms with Crippen molar-refractivity contribution in [2.45, 2.75) is 57.1 Å². The zero-order valence-corrected chi connectivity index (χ0v) is 11.8. The first-order chi connectivity index (χ1) is 8.72. The van der Waals surface area contributed by atoms with Crippen LogP contribution < -0.4 is 11.3 Å². The zero-order chi connectivity index (χ0) is 13.0. The highest BCUT2D eigenvalue weighted by molar-refractivity contribution is 4.99. The van der Waals surface area contributed by atoms with E-state index in [-0.39, 0.29) is 11.6 Å². The van der Waals surface area contributed by atoms with Gasteiger partial charge in [-0.15, -0.1) is 0 Å². The molecule has 0 aromatic heterocycles. The van der Waals surface area contributed by atoms with E-state index in [1.165, 1.54) is 12.8 Å². The Labute approximate surface area is 111 Å². The standard InChI is InChI=1S/C14H28N2O2/c1-11-3-7-14(17-2,8-4-11)13(16-15)12-5-9-18-10-6-12/h11-13,16H,3-10,15H2,1-2H3. The molecule has 4 nitrogen and oxygen atoms in total. The van der Waals surface area contributed by atoms with Crippen molar-refractivity contribution in [3.8, 4) is 0 Å². The molecule has 2 aliphatic rings. The van der Waals surface area contributed by atoms with Gasteiger partial charge in [-0.05, 0) is 50.4 Å². The van der Waals surface area contributed by atoms with Gasteiger partial charge in [0.25, 0.3) is 0 Å². The molecule has 0 aromatic rings. The van der Waals surface area contributed by atoms with E-state index >= 15 is 0 Å². The molecular formula is C14H28N2O2. The zero-order valence-electron chi connectivity index (χ0n) is 11.8. The Hall–Kier alpha value is -0.160. The Morgan fingerprint density at radius 1 is 1.22 bits per heavy atom. The first kappa shape index (κ1) is 14.3. The average Bonchev–Trinajstić information content (AvgIpc) is 2.43. The van der Waals surface area contributed by atoms with E-state index in [2.05, 4.69) is 12.3 Å². The van der Waals surface area contributed by atoms with Crippen molar-refractivity contribution in [2.75, 3.05) is 20.3 Å². The molecule has 106 valence electrons. The van der Waals surface area contributed by atoms with Gasteiger partial charge in [0, 0.05) is 20.3 Å². The summed E-state index contributed by atoms with van der Waals surface area (Å²) >= 11 is 0. The van der Waals surface area contributed by atoms with Crippen molar-refractivity contribution >= 4 is 0 Å². The maximum atomic E-state index is 5.95. The van der Waals surface area contributed by atoms with Gasteiger partial charge in [-0.25, -0.2) is 0 Å². The third kappa shape index (κ3) is 2.87. The smallest absolute Gasteiger partial charge is 0.0847 e. The van der Waals surface area contributed by atoms with Crippen LogP contribution in [0.15, 0.2) is 0 Å². The minimum Gasteiger partial charge on any atom is -0.381 e. The lowest BCUT2D eigenvalue weighted by atomic mass is 9.70. The molecule has 1 atom stereocenters. The van der Waals surface area contributed by atoms with Crippen molar-refractivity contribution < 1.29 is 9.47 Å². The number of hydrazine groups is 1. The normalized spacial score (nSPS) is 36.5. The summed E-state index contributed by atoms with van der Waals surface area (Å²) in [5.41, 5.74) is 3.00. The largest absolute Gasteiger partial charge is 0.381 e. The third-order valence-corrected chi connectivity index (χ3v) is 5.01. The van der Waals surface area contributed by atoms with Crippen molar-refractivity contribution in [1.29, 1.82) is 0 Å². The summed E-state index contributed by atoms with van der Waals surface area (Å²) in [5.74, 6) is 7.26. The lowest BCUT2D eigenvalue weighted by Crippen LogP contribution is -2.60. The van der Waals surface area contributed by atoms with Crippen LogP contribution in [-0.2, 0) is 9.47 Å². The third-order valence-electron chi connectivity index (χ3n) is 5.01. The molecular weight excluding hydrogens is 228 g/mol. The van der Waals surface area contributed by atoms with Gasteiger partial charge in [0.1, 0.15) is 0 Å². The summed E-state index contributed by atoms with van der Waals surface area (Å²) in [4.78, 5) is 0. The summed E-state index contributed by atoms with van der Waals surface area (Å²) in [7, 11) is 1.85. The number of ether oxygens (including phenoxy) is 2. The fourth-order valence-corrected chi connectivity index (χ4v) is 3.66. The topological polar surface area (TPSA) is 56.5 Å².